The molecule has 0 nitrogen and oxygen atoms in total. The SMILES string of the molecule is C#CC(C)CCCC(C)SC. The summed E-state index contributed by atoms with van der Waals surface area (Å²) in [5, 5.41) is 0.792. The highest BCUT2D eigenvalue weighted by atomic mass is 32.2. The first-order valence-corrected chi connectivity index (χ1v) is 5.48. The molecule has 2 unspecified atom stereocenters. The van der Waals surface area contributed by atoms with Crippen LogP contribution >= 0.6 is 11.8 Å². The molecule has 64 valence electrons. The molecule has 0 saturated carbocycles. The quantitative estimate of drug-likeness (QED) is 0.571. The molecule has 0 bridgehead atoms. The Balaban J connectivity index is 3.21. The third kappa shape index (κ3) is 6.31. The maximum atomic E-state index is 5.27. The molecule has 11 heavy (non-hydrogen) atoms. The van der Waals surface area contributed by atoms with Crippen molar-refractivity contribution in [3.05, 3.63) is 0 Å². The molecule has 0 aliphatic rings. The highest BCUT2D eigenvalue weighted by molar-refractivity contribution is 7.99. The van der Waals surface area contributed by atoms with Gasteiger partial charge in [-0.05, 0) is 19.1 Å². The Labute approximate surface area is 75.1 Å². The lowest BCUT2D eigenvalue weighted by Gasteiger charge is -2.08. The Bertz CT molecular complexity index is 123. The Morgan fingerprint density at radius 1 is 1.36 bits per heavy atom. The molecule has 0 saturated heterocycles. The van der Waals surface area contributed by atoms with E-state index in [9.17, 15) is 0 Å². The molecule has 0 rings (SSSR count). The van der Waals surface area contributed by atoms with Gasteiger partial charge < -0.3 is 0 Å². The lowest BCUT2D eigenvalue weighted by molar-refractivity contribution is 0.594. The highest BCUT2D eigenvalue weighted by Gasteiger charge is 2.00. The van der Waals surface area contributed by atoms with Gasteiger partial charge in [0.2, 0.25) is 0 Å². The van der Waals surface area contributed by atoms with Gasteiger partial charge in [-0.3, -0.25) is 0 Å². The predicted octanol–water partition coefficient (Wildman–Crippen LogP) is 3.18. The summed E-state index contributed by atoms with van der Waals surface area (Å²) in [7, 11) is 0. The highest BCUT2D eigenvalue weighted by Crippen LogP contribution is 2.15. The number of terminal acetylenes is 1. The van der Waals surface area contributed by atoms with E-state index in [1.54, 1.807) is 0 Å². The van der Waals surface area contributed by atoms with E-state index in [2.05, 4.69) is 26.0 Å². The summed E-state index contributed by atoms with van der Waals surface area (Å²) < 4.78 is 0. The molecule has 0 aromatic rings. The summed E-state index contributed by atoms with van der Waals surface area (Å²) in [6.07, 6.45) is 11.2. The van der Waals surface area contributed by atoms with Crippen molar-refractivity contribution in [2.75, 3.05) is 6.26 Å². The van der Waals surface area contributed by atoms with Crippen LogP contribution in [0.2, 0.25) is 0 Å². The number of rotatable bonds is 5. The summed E-state index contributed by atoms with van der Waals surface area (Å²) in [5.41, 5.74) is 0. The van der Waals surface area contributed by atoms with Crippen LogP contribution in [-0.2, 0) is 0 Å². The maximum absolute atomic E-state index is 5.27. The van der Waals surface area contributed by atoms with Gasteiger partial charge >= 0.3 is 0 Å². The van der Waals surface area contributed by atoms with Crippen molar-refractivity contribution in [3.8, 4) is 12.3 Å². The minimum atomic E-state index is 0.462. The van der Waals surface area contributed by atoms with Gasteiger partial charge in [0, 0.05) is 11.2 Å². The molecule has 0 spiro atoms. The fourth-order valence-electron chi connectivity index (χ4n) is 0.913. The van der Waals surface area contributed by atoms with Crippen LogP contribution in [0.3, 0.4) is 0 Å². The van der Waals surface area contributed by atoms with Gasteiger partial charge in [0.15, 0.2) is 0 Å². The Morgan fingerprint density at radius 3 is 2.45 bits per heavy atom. The second kappa shape index (κ2) is 6.61. The third-order valence-electron chi connectivity index (χ3n) is 1.93. The second-order valence-electron chi connectivity index (χ2n) is 3.04. The van der Waals surface area contributed by atoms with E-state index in [-0.39, 0.29) is 0 Å². The normalized spacial score (nSPS) is 15.5. The van der Waals surface area contributed by atoms with Gasteiger partial charge in [-0.25, -0.2) is 0 Å². The zero-order chi connectivity index (χ0) is 8.69. The van der Waals surface area contributed by atoms with Gasteiger partial charge in [0.1, 0.15) is 0 Å². The van der Waals surface area contributed by atoms with Crippen molar-refractivity contribution < 1.29 is 0 Å². The molecule has 0 heterocycles. The lowest BCUT2D eigenvalue weighted by Crippen LogP contribution is -1.97. The Hall–Kier alpha value is -0.0900. The smallest absolute Gasteiger partial charge is 0.0171 e. The number of thioether (sulfide) groups is 1. The van der Waals surface area contributed by atoms with Gasteiger partial charge in [0.25, 0.3) is 0 Å². The lowest BCUT2D eigenvalue weighted by atomic mass is 10.0. The second-order valence-corrected chi connectivity index (χ2v) is 4.32. The maximum Gasteiger partial charge on any atom is 0.0171 e. The van der Waals surface area contributed by atoms with Crippen molar-refractivity contribution >= 4 is 11.8 Å². The van der Waals surface area contributed by atoms with Gasteiger partial charge in [-0.2, -0.15) is 11.8 Å². The molecule has 0 fully saturated rings. The van der Waals surface area contributed by atoms with Crippen molar-refractivity contribution in [3.63, 3.8) is 0 Å². The van der Waals surface area contributed by atoms with Gasteiger partial charge in [0.05, 0.1) is 0 Å². The van der Waals surface area contributed by atoms with Crippen LogP contribution in [0.4, 0.5) is 0 Å². The van der Waals surface area contributed by atoms with E-state index < -0.39 is 0 Å². The van der Waals surface area contributed by atoms with Crippen molar-refractivity contribution in [2.45, 2.75) is 38.4 Å². The monoisotopic (exact) mass is 170 g/mol. The number of hydrogen-bond donors (Lipinski definition) is 0. The first kappa shape index (κ1) is 10.9. The molecule has 0 aliphatic carbocycles. The topological polar surface area (TPSA) is 0 Å². The molecule has 0 radical (unpaired) electrons. The fourth-order valence-corrected chi connectivity index (χ4v) is 1.32. The van der Waals surface area contributed by atoms with E-state index in [1.165, 1.54) is 19.3 Å². The minimum absolute atomic E-state index is 0.462. The van der Waals surface area contributed by atoms with Crippen LogP contribution in [0, 0.1) is 18.3 Å². The molecule has 1 heteroatoms. The van der Waals surface area contributed by atoms with Crippen LogP contribution < -0.4 is 0 Å². The van der Waals surface area contributed by atoms with Crippen LogP contribution in [-0.4, -0.2) is 11.5 Å². The summed E-state index contributed by atoms with van der Waals surface area (Å²) >= 11 is 1.93. The van der Waals surface area contributed by atoms with Crippen LogP contribution in [0.5, 0.6) is 0 Å². The zero-order valence-electron chi connectivity index (χ0n) is 7.76. The molecule has 2 atom stereocenters. The number of hydrogen-bond acceptors (Lipinski definition) is 1. The van der Waals surface area contributed by atoms with Crippen LogP contribution in [0.25, 0.3) is 0 Å². The average molecular weight is 170 g/mol. The first-order valence-electron chi connectivity index (χ1n) is 4.19. The Morgan fingerprint density at radius 2 is 2.00 bits per heavy atom. The summed E-state index contributed by atoms with van der Waals surface area (Å²) in [6.45, 7) is 4.38. The molecule has 0 aliphatic heterocycles. The predicted molar refractivity (Wildman–Crippen MR) is 54.8 cm³/mol. The standard InChI is InChI=1S/C10H18S/c1-5-9(2)7-6-8-10(3)11-4/h1,9-10H,6-8H2,2-4H3. The largest absolute Gasteiger partial charge is 0.162 e. The Kier molecular flexibility index (Phi) is 6.56. The summed E-state index contributed by atoms with van der Waals surface area (Å²) in [6, 6.07) is 0. The van der Waals surface area contributed by atoms with E-state index >= 15 is 0 Å². The van der Waals surface area contributed by atoms with Crippen molar-refractivity contribution in [1.29, 1.82) is 0 Å². The van der Waals surface area contributed by atoms with E-state index in [0.29, 0.717) is 5.92 Å². The summed E-state index contributed by atoms with van der Waals surface area (Å²) in [5.74, 6) is 3.21. The molecule has 0 N–H and O–H groups in total. The molecular weight excluding hydrogens is 152 g/mol. The van der Waals surface area contributed by atoms with Crippen LogP contribution in [0.1, 0.15) is 33.1 Å². The molecular formula is C10H18S. The molecule has 0 aromatic carbocycles. The van der Waals surface area contributed by atoms with Crippen LogP contribution in [0.15, 0.2) is 0 Å². The average Bonchev–Trinajstić information content (AvgIpc) is 2.04. The summed E-state index contributed by atoms with van der Waals surface area (Å²) in [4.78, 5) is 0. The zero-order valence-corrected chi connectivity index (χ0v) is 8.58. The minimum Gasteiger partial charge on any atom is -0.162 e. The van der Waals surface area contributed by atoms with E-state index in [1.807, 2.05) is 11.8 Å². The third-order valence-corrected chi connectivity index (χ3v) is 2.98. The first-order chi connectivity index (χ1) is 5.20. The molecule has 0 aromatic heterocycles. The van der Waals surface area contributed by atoms with E-state index in [0.717, 1.165) is 5.25 Å². The van der Waals surface area contributed by atoms with E-state index in [4.69, 9.17) is 6.42 Å². The van der Waals surface area contributed by atoms with Crippen molar-refractivity contribution in [2.24, 2.45) is 5.92 Å². The van der Waals surface area contributed by atoms with Gasteiger partial charge in [-0.1, -0.05) is 20.3 Å². The van der Waals surface area contributed by atoms with Gasteiger partial charge in [-0.15, -0.1) is 12.3 Å². The molecule has 0 amide bonds. The van der Waals surface area contributed by atoms with Crippen molar-refractivity contribution in [1.82, 2.24) is 0 Å². The fraction of sp³-hybridized carbons (Fsp3) is 0.800.